The first kappa shape index (κ1) is 22.3. The van der Waals surface area contributed by atoms with Gasteiger partial charge in [-0.05, 0) is 30.3 Å². The van der Waals surface area contributed by atoms with E-state index < -0.39 is 21.4 Å². The van der Waals surface area contributed by atoms with Crippen molar-refractivity contribution >= 4 is 55.6 Å². The number of non-ortho nitro benzene ring substituents is 1. The summed E-state index contributed by atoms with van der Waals surface area (Å²) in [5, 5.41) is 25.6. The third-order valence-electron chi connectivity index (χ3n) is 4.46. The molecular formula is C19H14N8O6S. The number of methoxy groups -OCH3 is 1. The molecule has 0 aliphatic carbocycles. The number of nitrogens with one attached hydrogen (secondary N) is 3. The number of hydrazine groups is 1. The monoisotopic (exact) mass is 482 g/mol. The lowest BCUT2D eigenvalue weighted by Gasteiger charge is -2.10. The van der Waals surface area contributed by atoms with E-state index in [1.54, 1.807) is 25.3 Å². The smallest absolute Gasteiger partial charge is 0.355 e. The van der Waals surface area contributed by atoms with Gasteiger partial charge in [0.15, 0.2) is 5.13 Å². The summed E-state index contributed by atoms with van der Waals surface area (Å²) in [6.07, 6.45) is 1.08. The number of rotatable bonds is 8. The van der Waals surface area contributed by atoms with Crippen LogP contribution in [0.4, 0.5) is 28.1 Å². The van der Waals surface area contributed by atoms with Gasteiger partial charge < -0.3 is 10.1 Å². The predicted octanol–water partition coefficient (Wildman–Crippen LogP) is 3.41. The Morgan fingerprint density at radius 3 is 2.44 bits per heavy atom. The number of thiazole rings is 1. The van der Waals surface area contributed by atoms with Crippen molar-refractivity contribution in [1.82, 2.24) is 20.4 Å². The van der Waals surface area contributed by atoms with Gasteiger partial charge in [0.05, 0.1) is 27.2 Å². The summed E-state index contributed by atoms with van der Waals surface area (Å²) in [5.41, 5.74) is 4.73. The van der Waals surface area contributed by atoms with Crippen molar-refractivity contribution < 1.29 is 19.4 Å². The minimum absolute atomic E-state index is 0.0954. The lowest BCUT2D eigenvalue weighted by atomic mass is 10.2. The second kappa shape index (κ2) is 9.29. The Labute approximate surface area is 193 Å². The third kappa shape index (κ3) is 4.63. The average Bonchev–Trinajstić information content (AvgIpc) is 3.23. The molecule has 0 saturated heterocycles. The maximum absolute atomic E-state index is 12.3. The van der Waals surface area contributed by atoms with Crippen molar-refractivity contribution in [2.24, 2.45) is 0 Å². The summed E-state index contributed by atoms with van der Waals surface area (Å²) in [5.74, 6) is -0.456. The van der Waals surface area contributed by atoms with Gasteiger partial charge in [-0.15, -0.1) is 0 Å². The van der Waals surface area contributed by atoms with Crippen LogP contribution in [0, 0.1) is 20.2 Å². The van der Waals surface area contributed by atoms with E-state index in [0.29, 0.717) is 16.4 Å². The predicted molar refractivity (Wildman–Crippen MR) is 122 cm³/mol. The summed E-state index contributed by atoms with van der Waals surface area (Å²) in [6, 6.07) is 10.1. The van der Waals surface area contributed by atoms with Crippen molar-refractivity contribution in [3.8, 4) is 5.75 Å². The maximum atomic E-state index is 12.3. The lowest BCUT2D eigenvalue weighted by Crippen LogP contribution is -2.30. The van der Waals surface area contributed by atoms with Crippen LogP contribution in [0.15, 0.2) is 48.8 Å². The van der Waals surface area contributed by atoms with Crippen molar-refractivity contribution in [3.63, 3.8) is 0 Å². The first-order valence-electron chi connectivity index (χ1n) is 9.37. The zero-order valence-corrected chi connectivity index (χ0v) is 18.0. The minimum Gasteiger partial charge on any atom is -0.497 e. The minimum atomic E-state index is -0.709. The topological polar surface area (TPSA) is 187 Å². The van der Waals surface area contributed by atoms with E-state index in [1.807, 2.05) is 0 Å². The van der Waals surface area contributed by atoms with E-state index in [9.17, 15) is 25.0 Å². The Kier molecular flexibility index (Phi) is 6.09. The van der Waals surface area contributed by atoms with Crippen molar-refractivity contribution in [1.29, 1.82) is 0 Å². The number of anilines is 3. The SMILES string of the molecule is COc1ccc2nc(Nc3ncnc(NNC(=O)c4ccc([N+](=O)[O-])cc4)c3[N+](=O)[O-])sc2c1. The van der Waals surface area contributed by atoms with E-state index in [0.717, 1.165) is 23.2 Å². The van der Waals surface area contributed by atoms with Crippen LogP contribution < -0.4 is 20.9 Å². The number of aromatic nitrogens is 3. The molecule has 4 aromatic rings. The Morgan fingerprint density at radius 1 is 1.03 bits per heavy atom. The summed E-state index contributed by atoms with van der Waals surface area (Å²) in [6.45, 7) is 0. The van der Waals surface area contributed by atoms with Gasteiger partial charge in [-0.3, -0.25) is 35.9 Å². The molecule has 2 aromatic heterocycles. The number of nitro benzene ring substituents is 1. The van der Waals surface area contributed by atoms with E-state index in [1.165, 1.54) is 23.5 Å². The molecule has 0 saturated carbocycles. The van der Waals surface area contributed by atoms with Gasteiger partial charge in [0.25, 0.3) is 11.6 Å². The van der Waals surface area contributed by atoms with E-state index in [-0.39, 0.29) is 22.9 Å². The van der Waals surface area contributed by atoms with Gasteiger partial charge in [0, 0.05) is 17.7 Å². The van der Waals surface area contributed by atoms with Crippen molar-refractivity contribution in [2.45, 2.75) is 0 Å². The molecule has 0 aliphatic heterocycles. The van der Waals surface area contributed by atoms with Crippen LogP contribution in [-0.4, -0.2) is 37.8 Å². The molecule has 0 spiro atoms. The fourth-order valence-corrected chi connectivity index (χ4v) is 3.74. The highest BCUT2D eigenvalue weighted by Gasteiger charge is 2.24. The molecule has 3 N–H and O–H groups in total. The molecular weight excluding hydrogens is 468 g/mol. The Hall–Kier alpha value is -4.92. The summed E-state index contributed by atoms with van der Waals surface area (Å²) in [7, 11) is 1.54. The molecule has 2 heterocycles. The molecule has 0 bridgehead atoms. The quantitative estimate of drug-likeness (QED) is 0.246. The number of carbonyl (C=O) groups excluding carboxylic acids is 1. The highest BCUT2D eigenvalue weighted by Crippen LogP contribution is 2.34. The molecule has 0 atom stereocenters. The standard InChI is InChI=1S/C19H14N8O6S/c1-33-12-6-7-13-14(8-12)34-19(22-13)23-16-15(27(31)32)17(21-9-20-16)24-25-18(28)10-2-4-11(5-3-10)26(29)30/h2-9H,1H3,(H,25,28)(H2,20,21,22,23,24). The van der Waals surface area contributed by atoms with Crippen molar-refractivity contribution in [3.05, 3.63) is 74.6 Å². The van der Waals surface area contributed by atoms with Gasteiger partial charge in [-0.1, -0.05) is 11.3 Å². The van der Waals surface area contributed by atoms with Gasteiger partial charge in [-0.25, -0.2) is 15.0 Å². The Balaban J connectivity index is 1.54. The zero-order chi connectivity index (χ0) is 24.2. The first-order chi connectivity index (χ1) is 16.4. The number of benzene rings is 2. The normalized spacial score (nSPS) is 10.5. The Bertz CT molecular complexity index is 1410. The fraction of sp³-hybridized carbons (Fsp3) is 0.0526. The van der Waals surface area contributed by atoms with Crippen LogP contribution >= 0.6 is 11.3 Å². The van der Waals surface area contributed by atoms with Crippen molar-refractivity contribution in [2.75, 3.05) is 17.9 Å². The Morgan fingerprint density at radius 2 is 1.76 bits per heavy atom. The molecule has 1 amide bonds. The molecule has 0 radical (unpaired) electrons. The maximum Gasteiger partial charge on any atom is 0.355 e. The van der Waals surface area contributed by atoms with Crippen LogP contribution in [0.1, 0.15) is 10.4 Å². The van der Waals surface area contributed by atoms with Crippen LogP contribution in [0.25, 0.3) is 10.2 Å². The average molecular weight is 482 g/mol. The number of carbonyl (C=O) groups is 1. The summed E-state index contributed by atoms with van der Waals surface area (Å²) < 4.78 is 5.98. The van der Waals surface area contributed by atoms with E-state index in [4.69, 9.17) is 4.74 Å². The van der Waals surface area contributed by atoms with Crippen LogP contribution in [0.5, 0.6) is 5.75 Å². The molecule has 2 aromatic carbocycles. The fourth-order valence-electron chi connectivity index (χ4n) is 2.84. The summed E-state index contributed by atoms with van der Waals surface area (Å²) in [4.78, 5) is 45.6. The highest BCUT2D eigenvalue weighted by atomic mass is 32.1. The molecule has 4 rings (SSSR count). The van der Waals surface area contributed by atoms with Gasteiger partial charge >= 0.3 is 5.69 Å². The molecule has 14 nitrogen and oxygen atoms in total. The number of hydrogen-bond donors (Lipinski definition) is 3. The molecule has 0 fully saturated rings. The van der Waals surface area contributed by atoms with E-state index in [2.05, 4.69) is 31.1 Å². The molecule has 34 heavy (non-hydrogen) atoms. The first-order valence-corrected chi connectivity index (χ1v) is 10.2. The lowest BCUT2D eigenvalue weighted by molar-refractivity contribution is -0.384. The van der Waals surface area contributed by atoms with Gasteiger partial charge in [0.2, 0.25) is 11.6 Å². The number of hydrogen-bond acceptors (Lipinski definition) is 12. The number of amides is 1. The number of fused-ring (bicyclic) bond motifs is 1. The zero-order valence-electron chi connectivity index (χ0n) is 17.2. The van der Waals surface area contributed by atoms with Gasteiger partial charge in [0.1, 0.15) is 12.1 Å². The second-order valence-electron chi connectivity index (χ2n) is 6.54. The third-order valence-corrected chi connectivity index (χ3v) is 5.39. The molecule has 0 unspecified atom stereocenters. The molecule has 15 heteroatoms. The highest BCUT2D eigenvalue weighted by molar-refractivity contribution is 7.22. The molecule has 0 aliphatic rings. The van der Waals surface area contributed by atoms with E-state index >= 15 is 0 Å². The molecule has 172 valence electrons. The summed E-state index contributed by atoms with van der Waals surface area (Å²) >= 11 is 1.24. The largest absolute Gasteiger partial charge is 0.497 e. The number of nitro groups is 2. The van der Waals surface area contributed by atoms with Crippen LogP contribution in [-0.2, 0) is 0 Å². The van der Waals surface area contributed by atoms with Crippen LogP contribution in [0.3, 0.4) is 0 Å². The van der Waals surface area contributed by atoms with Gasteiger partial charge in [-0.2, -0.15) is 0 Å². The van der Waals surface area contributed by atoms with Crippen LogP contribution in [0.2, 0.25) is 0 Å². The number of nitrogens with zero attached hydrogens (tertiary/aromatic N) is 5. The number of ether oxygens (including phenoxy) is 1. The second-order valence-corrected chi connectivity index (χ2v) is 7.57.